The average molecular weight is 465 g/mol. The van der Waals surface area contributed by atoms with Crippen molar-refractivity contribution < 1.29 is 9.72 Å². The molecule has 9 nitrogen and oxygen atoms in total. The highest BCUT2D eigenvalue weighted by Crippen LogP contribution is 2.40. The van der Waals surface area contributed by atoms with Crippen LogP contribution in [0.2, 0.25) is 0 Å². The van der Waals surface area contributed by atoms with E-state index in [1.54, 1.807) is 37.3 Å². The lowest BCUT2D eigenvalue weighted by Gasteiger charge is -2.23. The summed E-state index contributed by atoms with van der Waals surface area (Å²) in [5.41, 5.74) is 2.75. The zero-order chi connectivity index (χ0) is 24.3. The van der Waals surface area contributed by atoms with E-state index in [0.29, 0.717) is 52.1 Å². The maximum atomic E-state index is 14.0. The fourth-order valence-electron chi connectivity index (χ4n) is 4.87. The molecular formula is C26H19N5O4. The number of amides is 1. The maximum Gasteiger partial charge on any atom is 0.329 e. The van der Waals surface area contributed by atoms with Gasteiger partial charge in [0.15, 0.2) is 5.70 Å². The Hall–Kier alpha value is -4.79. The van der Waals surface area contributed by atoms with Gasteiger partial charge in [-0.05, 0) is 36.8 Å². The molecule has 2 aliphatic rings. The molecule has 0 spiro atoms. The van der Waals surface area contributed by atoms with E-state index in [1.807, 2.05) is 30.3 Å². The van der Waals surface area contributed by atoms with Crippen molar-refractivity contribution in [1.82, 2.24) is 14.2 Å². The first-order valence-electron chi connectivity index (χ1n) is 11.1. The standard InChI is InChI=1S/C26H19N5O4/c1-16-27-21-13-6-5-11-19(21)26(33)30(16)28-15-22(17-8-3-2-4-9-17)29-23(31(34)35)14-18-10-7-12-20(24(18)29)25(28)32/h2-6,8-9,11-15H,7,10H2,1H3. The van der Waals surface area contributed by atoms with E-state index in [-0.39, 0.29) is 5.82 Å². The lowest BCUT2D eigenvalue weighted by atomic mass is 9.96. The predicted octanol–water partition coefficient (Wildman–Crippen LogP) is 3.77. The van der Waals surface area contributed by atoms with Crippen molar-refractivity contribution in [3.8, 4) is 0 Å². The quantitative estimate of drug-likeness (QED) is 0.338. The molecule has 2 aromatic carbocycles. The number of para-hydroxylation sites is 1. The number of nitrogens with zero attached hydrogens (tertiary/aromatic N) is 5. The second-order valence-electron chi connectivity index (χ2n) is 8.45. The Bertz CT molecular complexity index is 1680. The van der Waals surface area contributed by atoms with Crippen LogP contribution in [0.5, 0.6) is 0 Å². The molecule has 0 bridgehead atoms. The average Bonchev–Trinajstić information content (AvgIpc) is 3.20. The van der Waals surface area contributed by atoms with Gasteiger partial charge in [0.25, 0.3) is 11.5 Å². The highest BCUT2D eigenvalue weighted by molar-refractivity contribution is 6.26. The fraction of sp³-hybridized carbons (Fsp3) is 0.115. The first-order chi connectivity index (χ1) is 17.0. The van der Waals surface area contributed by atoms with Gasteiger partial charge in [-0.3, -0.25) is 9.59 Å². The van der Waals surface area contributed by atoms with Crippen LogP contribution in [0.1, 0.15) is 29.1 Å². The Balaban J connectivity index is 1.71. The minimum absolute atomic E-state index is 0.131. The normalized spacial score (nSPS) is 14.9. The van der Waals surface area contributed by atoms with Gasteiger partial charge in [0.2, 0.25) is 0 Å². The number of hydrogen-bond acceptors (Lipinski definition) is 5. The SMILES string of the molecule is Cc1nc2ccccc2c(=O)n1N1C=C(c2ccccc2)n2c([N+](=O)[O-])cc3c2C(=CCC3)C1=O. The van der Waals surface area contributed by atoms with Crippen LogP contribution in [-0.2, 0) is 11.2 Å². The molecular weight excluding hydrogens is 446 g/mol. The zero-order valence-corrected chi connectivity index (χ0v) is 18.7. The predicted molar refractivity (Wildman–Crippen MR) is 131 cm³/mol. The van der Waals surface area contributed by atoms with E-state index in [0.717, 1.165) is 5.56 Å². The van der Waals surface area contributed by atoms with E-state index in [9.17, 15) is 19.7 Å². The molecule has 0 radical (unpaired) electrons. The number of aromatic nitrogens is 3. The lowest BCUT2D eigenvalue weighted by molar-refractivity contribution is -0.390. The summed E-state index contributed by atoms with van der Waals surface area (Å²) in [6, 6.07) is 17.6. The van der Waals surface area contributed by atoms with Crippen molar-refractivity contribution in [3.63, 3.8) is 0 Å². The van der Waals surface area contributed by atoms with Crippen LogP contribution in [0.15, 0.2) is 77.7 Å². The van der Waals surface area contributed by atoms with Crippen molar-refractivity contribution >= 4 is 33.9 Å². The summed E-state index contributed by atoms with van der Waals surface area (Å²) in [6.07, 6.45) is 4.43. The van der Waals surface area contributed by atoms with Gasteiger partial charge in [-0.2, -0.15) is 9.24 Å². The smallest absolute Gasteiger partial charge is 0.329 e. The Labute approximate surface area is 199 Å². The molecule has 0 N–H and O–H groups in total. The van der Waals surface area contributed by atoms with E-state index >= 15 is 0 Å². The maximum absolute atomic E-state index is 14.0. The zero-order valence-electron chi connectivity index (χ0n) is 18.7. The first-order valence-corrected chi connectivity index (χ1v) is 11.1. The van der Waals surface area contributed by atoms with Gasteiger partial charge in [0, 0.05) is 17.2 Å². The largest absolute Gasteiger partial charge is 0.358 e. The summed E-state index contributed by atoms with van der Waals surface area (Å²) < 4.78 is 2.75. The minimum atomic E-state index is -0.451. The molecule has 9 heteroatoms. The molecule has 1 aliphatic heterocycles. The molecule has 3 heterocycles. The Morgan fingerprint density at radius 1 is 1.03 bits per heavy atom. The van der Waals surface area contributed by atoms with Gasteiger partial charge in [0.05, 0.1) is 22.7 Å². The fourth-order valence-corrected chi connectivity index (χ4v) is 4.87. The molecule has 1 aliphatic carbocycles. The summed E-state index contributed by atoms with van der Waals surface area (Å²) in [5, 5.41) is 13.7. The number of carbonyl (C=O) groups is 1. The van der Waals surface area contributed by atoms with Crippen molar-refractivity contribution in [2.45, 2.75) is 19.8 Å². The number of benzene rings is 2. The van der Waals surface area contributed by atoms with Gasteiger partial charge < -0.3 is 10.1 Å². The number of nitro groups is 1. The lowest BCUT2D eigenvalue weighted by Crippen LogP contribution is -2.44. The molecule has 0 saturated heterocycles. The molecule has 0 unspecified atom stereocenters. The second-order valence-corrected chi connectivity index (χ2v) is 8.45. The number of fused-ring (bicyclic) bond motifs is 1. The van der Waals surface area contributed by atoms with Crippen LogP contribution in [0.4, 0.5) is 5.82 Å². The van der Waals surface area contributed by atoms with E-state index in [2.05, 4.69) is 4.98 Å². The third-order valence-corrected chi connectivity index (χ3v) is 6.39. The van der Waals surface area contributed by atoms with E-state index < -0.39 is 16.4 Å². The summed E-state index contributed by atoms with van der Waals surface area (Å²) >= 11 is 0. The van der Waals surface area contributed by atoms with Gasteiger partial charge in [-0.25, -0.2) is 9.99 Å². The Kier molecular flexibility index (Phi) is 4.53. The van der Waals surface area contributed by atoms with Crippen LogP contribution in [0.25, 0.3) is 22.2 Å². The topological polar surface area (TPSA) is 103 Å². The van der Waals surface area contributed by atoms with Gasteiger partial charge in [-0.15, -0.1) is 0 Å². The second kappa shape index (κ2) is 7.63. The van der Waals surface area contributed by atoms with Crippen LogP contribution in [0.3, 0.4) is 0 Å². The Morgan fingerprint density at radius 2 is 1.77 bits per heavy atom. The van der Waals surface area contributed by atoms with Gasteiger partial charge in [0.1, 0.15) is 11.5 Å². The van der Waals surface area contributed by atoms with Crippen LogP contribution < -0.4 is 10.6 Å². The molecule has 1 amide bonds. The van der Waals surface area contributed by atoms with Gasteiger partial charge >= 0.3 is 5.82 Å². The van der Waals surface area contributed by atoms with Gasteiger partial charge in [-0.1, -0.05) is 48.5 Å². The van der Waals surface area contributed by atoms with E-state index in [4.69, 9.17) is 0 Å². The highest BCUT2D eigenvalue weighted by atomic mass is 16.6. The third-order valence-electron chi connectivity index (χ3n) is 6.39. The van der Waals surface area contributed by atoms with Crippen molar-refractivity contribution in [1.29, 1.82) is 0 Å². The van der Waals surface area contributed by atoms with Crippen molar-refractivity contribution in [3.05, 3.63) is 116 Å². The molecule has 6 rings (SSSR count). The number of aryl methyl sites for hydroxylation is 2. The first kappa shape index (κ1) is 20.8. The summed E-state index contributed by atoms with van der Waals surface area (Å²) in [6.45, 7) is 1.66. The number of rotatable bonds is 3. The number of hydrogen-bond donors (Lipinski definition) is 0. The summed E-state index contributed by atoms with van der Waals surface area (Å²) in [4.78, 5) is 43.7. The van der Waals surface area contributed by atoms with Crippen LogP contribution in [0, 0.1) is 17.0 Å². The summed E-state index contributed by atoms with van der Waals surface area (Å²) in [7, 11) is 0. The number of carbonyl (C=O) groups excluding carboxylic acids is 1. The van der Waals surface area contributed by atoms with Crippen molar-refractivity contribution in [2.24, 2.45) is 0 Å². The van der Waals surface area contributed by atoms with Crippen LogP contribution in [-0.4, -0.2) is 25.1 Å². The minimum Gasteiger partial charge on any atom is -0.358 e. The van der Waals surface area contributed by atoms with Crippen molar-refractivity contribution in [2.75, 3.05) is 5.01 Å². The van der Waals surface area contributed by atoms with Crippen LogP contribution >= 0.6 is 0 Å². The Morgan fingerprint density at radius 3 is 2.54 bits per heavy atom. The molecule has 4 aromatic rings. The third kappa shape index (κ3) is 3.05. The molecule has 172 valence electrons. The molecule has 0 fully saturated rings. The van der Waals surface area contributed by atoms with E-state index in [1.165, 1.54) is 26.5 Å². The number of allylic oxidation sites excluding steroid dienone is 1. The molecule has 2 aromatic heterocycles. The molecule has 0 atom stereocenters. The monoisotopic (exact) mass is 465 g/mol. The molecule has 0 saturated carbocycles. The summed E-state index contributed by atoms with van der Waals surface area (Å²) in [5.74, 6) is -0.259. The highest BCUT2D eigenvalue weighted by Gasteiger charge is 2.39. The molecule has 35 heavy (non-hydrogen) atoms.